The van der Waals surface area contributed by atoms with E-state index in [0.717, 1.165) is 16.7 Å². The number of aromatic hydroxyl groups is 1. The summed E-state index contributed by atoms with van der Waals surface area (Å²) in [6, 6.07) is 3.67. The van der Waals surface area contributed by atoms with E-state index in [1.54, 1.807) is 6.07 Å². The Morgan fingerprint density at radius 2 is 1.89 bits per heavy atom. The minimum atomic E-state index is -0.807. The summed E-state index contributed by atoms with van der Waals surface area (Å²) in [6.07, 6.45) is 0.0795. The highest BCUT2D eigenvalue weighted by Gasteiger charge is 2.27. The summed E-state index contributed by atoms with van der Waals surface area (Å²) in [7, 11) is 0. The lowest BCUT2D eigenvalue weighted by molar-refractivity contribution is -0.138. The standard InChI is InChI=1S/C15H22O3/c1-9(2)11-7-12(10(3)6-13(11)16)15(4,5)8-14(17)18/h6-7,9,16H,8H2,1-5H3,(H,17,18). The van der Waals surface area contributed by atoms with E-state index in [2.05, 4.69) is 0 Å². The Hall–Kier alpha value is -1.51. The Morgan fingerprint density at radius 1 is 1.33 bits per heavy atom. The van der Waals surface area contributed by atoms with Crippen molar-refractivity contribution in [3.05, 3.63) is 28.8 Å². The van der Waals surface area contributed by atoms with Gasteiger partial charge in [0.2, 0.25) is 0 Å². The van der Waals surface area contributed by atoms with E-state index in [0.29, 0.717) is 0 Å². The quantitative estimate of drug-likeness (QED) is 0.858. The fraction of sp³-hybridized carbons (Fsp3) is 0.533. The SMILES string of the molecule is Cc1cc(O)c(C(C)C)cc1C(C)(C)CC(=O)O. The predicted molar refractivity (Wildman–Crippen MR) is 72.2 cm³/mol. The number of hydrogen-bond donors (Lipinski definition) is 2. The summed E-state index contributed by atoms with van der Waals surface area (Å²) in [5.41, 5.74) is 2.36. The summed E-state index contributed by atoms with van der Waals surface area (Å²) >= 11 is 0. The third-order valence-corrected chi connectivity index (χ3v) is 3.32. The van der Waals surface area contributed by atoms with Gasteiger partial charge in [-0.25, -0.2) is 0 Å². The van der Waals surface area contributed by atoms with Crippen molar-refractivity contribution in [2.24, 2.45) is 0 Å². The molecule has 2 N–H and O–H groups in total. The topological polar surface area (TPSA) is 57.5 Å². The summed E-state index contributed by atoms with van der Waals surface area (Å²) < 4.78 is 0. The number of carbonyl (C=O) groups is 1. The van der Waals surface area contributed by atoms with E-state index in [9.17, 15) is 9.90 Å². The van der Waals surface area contributed by atoms with Crippen LogP contribution in [0.2, 0.25) is 0 Å². The molecule has 1 aromatic carbocycles. The first-order valence-corrected chi connectivity index (χ1v) is 6.21. The van der Waals surface area contributed by atoms with E-state index in [1.165, 1.54) is 0 Å². The molecule has 0 aliphatic rings. The minimum Gasteiger partial charge on any atom is -0.508 e. The van der Waals surface area contributed by atoms with Crippen LogP contribution < -0.4 is 0 Å². The van der Waals surface area contributed by atoms with E-state index in [1.807, 2.05) is 40.7 Å². The van der Waals surface area contributed by atoms with Crippen molar-refractivity contribution in [3.8, 4) is 5.75 Å². The lowest BCUT2D eigenvalue weighted by Gasteiger charge is -2.27. The average molecular weight is 250 g/mol. The molecule has 0 fully saturated rings. The average Bonchev–Trinajstić information content (AvgIpc) is 2.13. The van der Waals surface area contributed by atoms with Gasteiger partial charge in [-0.2, -0.15) is 0 Å². The molecule has 0 spiro atoms. The van der Waals surface area contributed by atoms with Gasteiger partial charge in [0.15, 0.2) is 0 Å². The molecule has 18 heavy (non-hydrogen) atoms. The lowest BCUT2D eigenvalue weighted by atomic mass is 9.78. The number of phenolic OH excluding ortho intramolecular Hbond substituents is 1. The van der Waals surface area contributed by atoms with Crippen molar-refractivity contribution in [1.82, 2.24) is 0 Å². The van der Waals surface area contributed by atoms with Crippen LogP contribution in [0.15, 0.2) is 12.1 Å². The van der Waals surface area contributed by atoms with E-state index >= 15 is 0 Å². The maximum Gasteiger partial charge on any atom is 0.304 e. The van der Waals surface area contributed by atoms with Gasteiger partial charge in [0.1, 0.15) is 5.75 Å². The fourth-order valence-corrected chi connectivity index (χ4v) is 2.37. The third-order valence-electron chi connectivity index (χ3n) is 3.32. The Balaban J connectivity index is 3.32. The Labute approximate surface area is 108 Å². The van der Waals surface area contributed by atoms with Gasteiger partial charge in [-0.1, -0.05) is 33.8 Å². The number of carboxylic acids is 1. The van der Waals surface area contributed by atoms with Crippen molar-refractivity contribution >= 4 is 5.97 Å². The van der Waals surface area contributed by atoms with Crippen LogP contribution in [0.1, 0.15) is 56.7 Å². The predicted octanol–water partition coefficient (Wildman–Crippen LogP) is 3.58. The van der Waals surface area contributed by atoms with E-state index in [4.69, 9.17) is 5.11 Å². The zero-order valence-electron chi connectivity index (χ0n) is 11.7. The summed E-state index contributed by atoms with van der Waals surface area (Å²) in [5, 5.41) is 18.9. The van der Waals surface area contributed by atoms with Crippen LogP contribution in [0.3, 0.4) is 0 Å². The number of rotatable bonds is 4. The summed E-state index contributed by atoms with van der Waals surface area (Å²) in [5.74, 6) is -0.305. The summed E-state index contributed by atoms with van der Waals surface area (Å²) in [4.78, 5) is 10.9. The van der Waals surface area contributed by atoms with Crippen LogP contribution in [-0.2, 0) is 10.2 Å². The number of aliphatic carboxylic acids is 1. The number of aryl methyl sites for hydroxylation is 1. The summed E-state index contributed by atoms with van der Waals surface area (Å²) in [6.45, 7) is 9.77. The number of hydrogen-bond acceptors (Lipinski definition) is 2. The Morgan fingerprint density at radius 3 is 2.33 bits per heavy atom. The minimum absolute atomic E-state index is 0.0795. The van der Waals surface area contributed by atoms with Crippen LogP contribution in [0, 0.1) is 6.92 Å². The molecule has 0 saturated carbocycles. The molecule has 100 valence electrons. The van der Waals surface area contributed by atoms with E-state index < -0.39 is 11.4 Å². The molecule has 1 rings (SSSR count). The molecule has 0 bridgehead atoms. The first-order valence-electron chi connectivity index (χ1n) is 6.21. The molecule has 0 aliphatic carbocycles. The molecular weight excluding hydrogens is 228 g/mol. The fourth-order valence-electron chi connectivity index (χ4n) is 2.37. The van der Waals surface area contributed by atoms with Gasteiger partial charge in [0, 0.05) is 5.41 Å². The number of benzene rings is 1. The number of phenols is 1. The van der Waals surface area contributed by atoms with Crippen LogP contribution >= 0.6 is 0 Å². The van der Waals surface area contributed by atoms with Crippen LogP contribution in [0.4, 0.5) is 0 Å². The van der Waals surface area contributed by atoms with Gasteiger partial charge < -0.3 is 10.2 Å². The molecule has 0 amide bonds. The van der Waals surface area contributed by atoms with Crippen LogP contribution in [0.5, 0.6) is 5.75 Å². The molecule has 1 aromatic rings. The molecule has 0 heterocycles. The van der Waals surface area contributed by atoms with Crippen molar-refractivity contribution in [3.63, 3.8) is 0 Å². The molecule has 0 aromatic heterocycles. The zero-order chi connectivity index (χ0) is 14.1. The molecule has 0 radical (unpaired) electrons. The highest BCUT2D eigenvalue weighted by Crippen LogP contribution is 2.36. The van der Waals surface area contributed by atoms with Gasteiger partial charge in [-0.15, -0.1) is 0 Å². The van der Waals surface area contributed by atoms with Crippen molar-refractivity contribution < 1.29 is 15.0 Å². The Kier molecular flexibility index (Phi) is 4.05. The zero-order valence-corrected chi connectivity index (χ0v) is 11.7. The van der Waals surface area contributed by atoms with Crippen LogP contribution in [0.25, 0.3) is 0 Å². The second kappa shape index (κ2) is 5.01. The Bertz CT molecular complexity index is 459. The van der Waals surface area contributed by atoms with E-state index in [-0.39, 0.29) is 18.1 Å². The maximum absolute atomic E-state index is 10.9. The molecule has 0 atom stereocenters. The molecule has 3 nitrogen and oxygen atoms in total. The van der Waals surface area contributed by atoms with Crippen molar-refractivity contribution in [2.75, 3.05) is 0 Å². The number of carboxylic acid groups (broad SMARTS) is 1. The van der Waals surface area contributed by atoms with Crippen LogP contribution in [-0.4, -0.2) is 16.2 Å². The highest BCUT2D eigenvalue weighted by atomic mass is 16.4. The molecular formula is C15H22O3. The van der Waals surface area contributed by atoms with Gasteiger partial charge in [-0.05, 0) is 35.6 Å². The van der Waals surface area contributed by atoms with Gasteiger partial charge in [0.05, 0.1) is 6.42 Å². The first-order chi connectivity index (χ1) is 8.15. The van der Waals surface area contributed by atoms with Crippen molar-refractivity contribution in [2.45, 2.75) is 52.4 Å². The molecule has 3 heteroatoms. The normalized spacial score (nSPS) is 11.9. The smallest absolute Gasteiger partial charge is 0.304 e. The maximum atomic E-state index is 10.9. The molecule has 0 aliphatic heterocycles. The largest absolute Gasteiger partial charge is 0.508 e. The molecule has 0 saturated heterocycles. The second-order valence-corrected chi connectivity index (χ2v) is 5.84. The van der Waals surface area contributed by atoms with Gasteiger partial charge in [-0.3, -0.25) is 4.79 Å². The van der Waals surface area contributed by atoms with Crippen molar-refractivity contribution in [1.29, 1.82) is 0 Å². The van der Waals surface area contributed by atoms with Gasteiger partial charge >= 0.3 is 5.97 Å². The monoisotopic (exact) mass is 250 g/mol. The lowest BCUT2D eigenvalue weighted by Crippen LogP contribution is -2.23. The highest BCUT2D eigenvalue weighted by molar-refractivity contribution is 5.69. The molecule has 0 unspecified atom stereocenters. The second-order valence-electron chi connectivity index (χ2n) is 5.84. The third kappa shape index (κ3) is 3.03. The van der Waals surface area contributed by atoms with Gasteiger partial charge in [0.25, 0.3) is 0 Å². The first kappa shape index (κ1) is 14.6.